The van der Waals surface area contributed by atoms with Crippen LogP contribution in [-0.4, -0.2) is 19.9 Å². The van der Waals surface area contributed by atoms with Crippen molar-refractivity contribution in [1.29, 1.82) is 0 Å². The Bertz CT molecular complexity index is 963. The average molecular weight is 369 g/mol. The molecule has 7 heteroatoms. The quantitative estimate of drug-likeness (QED) is 0.510. The molecule has 0 spiro atoms. The molecule has 1 unspecified atom stereocenters. The Kier molecular flexibility index (Phi) is 4.53. The zero-order valence-electron chi connectivity index (χ0n) is 13.1. The topological polar surface area (TPSA) is 47.3 Å². The van der Waals surface area contributed by atoms with Crippen molar-refractivity contribution in [3.8, 4) is 0 Å². The van der Waals surface area contributed by atoms with Crippen molar-refractivity contribution in [3.63, 3.8) is 0 Å². The monoisotopic (exact) mass is 368 g/mol. The van der Waals surface area contributed by atoms with Gasteiger partial charge in [-0.2, -0.15) is 8.42 Å². The maximum absolute atomic E-state index is 12.4. The van der Waals surface area contributed by atoms with E-state index in [2.05, 4.69) is 0 Å². The van der Waals surface area contributed by atoms with Crippen molar-refractivity contribution >= 4 is 54.2 Å². The lowest BCUT2D eigenvalue weighted by Crippen LogP contribution is -2.48. The minimum absolute atomic E-state index is 0.514. The number of hydrogen-bond donors (Lipinski definition) is 0. The van der Waals surface area contributed by atoms with Crippen LogP contribution in [-0.2, 0) is 10.1 Å². The van der Waals surface area contributed by atoms with Gasteiger partial charge in [-0.15, -0.1) is 4.28 Å². The van der Waals surface area contributed by atoms with Gasteiger partial charge in [-0.1, -0.05) is 42.5 Å². The summed E-state index contributed by atoms with van der Waals surface area (Å²) in [5.74, 6) is 0. The van der Waals surface area contributed by atoms with E-state index in [1.807, 2.05) is 49.6 Å². The lowest BCUT2D eigenvalue weighted by molar-refractivity contribution is -0.859. The Labute approximate surface area is 144 Å². The normalized spacial score (nSPS) is 13.5. The predicted molar refractivity (Wildman–Crippen MR) is 96.6 cm³/mol. The Hall–Kier alpha value is -1.31. The van der Waals surface area contributed by atoms with Gasteiger partial charge in [-0.25, -0.2) is 0 Å². The summed E-state index contributed by atoms with van der Waals surface area (Å²) in [4.78, 5) is 0. The first kappa shape index (κ1) is 16.5. The molecule has 1 aromatic heterocycles. The summed E-state index contributed by atoms with van der Waals surface area (Å²) in [7, 11) is -3.67. The number of nitrogens with zero attached hydrogens (tertiary/aromatic N) is 1. The van der Waals surface area contributed by atoms with Crippen LogP contribution in [0.1, 0.15) is 20.3 Å². The molecular formula is C16H18NO3S3+. The third-order valence-electron chi connectivity index (χ3n) is 3.85. The number of aromatic nitrogens is 1. The van der Waals surface area contributed by atoms with Gasteiger partial charge in [-0.05, 0) is 48.9 Å². The molecule has 0 bridgehead atoms. The smallest absolute Gasteiger partial charge is 0.181 e. The maximum atomic E-state index is 12.4. The second kappa shape index (κ2) is 6.30. The molecule has 0 aliphatic heterocycles. The molecule has 23 heavy (non-hydrogen) atoms. The Morgan fingerprint density at radius 3 is 2.70 bits per heavy atom. The molecule has 0 amide bonds. The van der Waals surface area contributed by atoms with Crippen molar-refractivity contribution in [2.75, 3.05) is 6.26 Å². The first-order valence-corrected chi connectivity index (χ1v) is 10.8. The molecule has 4 nitrogen and oxygen atoms in total. The van der Waals surface area contributed by atoms with Gasteiger partial charge in [0, 0.05) is 0 Å². The highest BCUT2D eigenvalue weighted by Gasteiger charge is 2.33. The van der Waals surface area contributed by atoms with E-state index >= 15 is 0 Å². The van der Waals surface area contributed by atoms with Gasteiger partial charge in [0.15, 0.2) is 0 Å². The van der Waals surface area contributed by atoms with Gasteiger partial charge in [0.25, 0.3) is 5.52 Å². The largest absolute Gasteiger partial charge is 0.369 e. The molecule has 0 aliphatic carbocycles. The Balaban J connectivity index is 2.28. The van der Waals surface area contributed by atoms with Crippen molar-refractivity contribution in [2.45, 2.75) is 29.9 Å². The summed E-state index contributed by atoms with van der Waals surface area (Å²) >= 11 is 3.02. The van der Waals surface area contributed by atoms with Crippen LogP contribution >= 0.6 is 23.1 Å². The van der Waals surface area contributed by atoms with E-state index in [9.17, 15) is 8.42 Å². The maximum Gasteiger partial charge on any atom is 0.369 e. The highest BCUT2D eigenvalue weighted by molar-refractivity contribution is 8.00. The predicted octanol–water partition coefficient (Wildman–Crippen LogP) is 3.62. The van der Waals surface area contributed by atoms with E-state index in [1.54, 1.807) is 6.92 Å². The van der Waals surface area contributed by atoms with Crippen LogP contribution in [0.25, 0.3) is 21.0 Å². The average Bonchev–Trinajstić information content (AvgIpc) is 2.91. The van der Waals surface area contributed by atoms with Gasteiger partial charge in [0.2, 0.25) is 0 Å². The minimum atomic E-state index is -3.67. The number of fused-ring (bicyclic) bond motifs is 3. The second-order valence-electron chi connectivity index (χ2n) is 5.29. The number of rotatable bonds is 5. The number of hydrogen-bond acceptors (Lipinski definition) is 5. The first-order valence-electron chi connectivity index (χ1n) is 7.32. The summed E-state index contributed by atoms with van der Waals surface area (Å²) in [6.45, 7) is 3.51. The molecule has 0 saturated heterocycles. The van der Waals surface area contributed by atoms with E-state index in [1.165, 1.54) is 27.8 Å². The molecular weight excluding hydrogens is 350 g/mol. The second-order valence-corrected chi connectivity index (χ2v) is 9.31. The van der Waals surface area contributed by atoms with Crippen molar-refractivity contribution in [1.82, 2.24) is 0 Å². The molecule has 122 valence electrons. The van der Waals surface area contributed by atoms with Crippen molar-refractivity contribution in [2.24, 2.45) is 0 Å². The fourth-order valence-electron chi connectivity index (χ4n) is 2.33. The van der Waals surface area contributed by atoms with Crippen LogP contribution in [0.15, 0.2) is 40.7 Å². The molecule has 3 aromatic rings. The first-order chi connectivity index (χ1) is 11.0. The molecule has 1 atom stereocenters. The van der Waals surface area contributed by atoms with Crippen LogP contribution in [0, 0.1) is 0 Å². The number of benzene rings is 2. The van der Waals surface area contributed by atoms with Gasteiger partial charge < -0.3 is 0 Å². The van der Waals surface area contributed by atoms with Gasteiger partial charge in [0.05, 0.1) is 15.4 Å². The summed E-state index contributed by atoms with van der Waals surface area (Å²) in [6.07, 6.45) is 2.43. The number of thiazole rings is 1. The highest BCUT2D eigenvalue weighted by atomic mass is 32.2. The minimum Gasteiger partial charge on any atom is -0.181 e. The van der Waals surface area contributed by atoms with Crippen LogP contribution in [0.4, 0.5) is 0 Å². The third-order valence-corrected chi connectivity index (χ3v) is 7.68. The fourth-order valence-corrected chi connectivity index (χ4v) is 5.06. The molecule has 2 aromatic carbocycles. The Morgan fingerprint density at radius 2 is 2.00 bits per heavy atom. The van der Waals surface area contributed by atoms with Gasteiger partial charge in [-0.3, -0.25) is 0 Å². The van der Waals surface area contributed by atoms with E-state index in [0.717, 1.165) is 25.3 Å². The molecule has 0 saturated carbocycles. The lowest BCUT2D eigenvalue weighted by Gasteiger charge is -2.06. The summed E-state index contributed by atoms with van der Waals surface area (Å²) in [5, 5.41) is 1.50. The zero-order valence-corrected chi connectivity index (χ0v) is 15.6. The van der Waals surface area contributed by atoms with E-state index < -0.39 is 15.4 Å². The lowest BCUT2D eigenvalue weighted by atomic mass is 10.1. The van der Waals surface area contributed by atoms with Crippen molar-refractivity contribution < 1.29 is 17.4 Å². The third kappa shape index (κ3) is 2.93. The number of thioether (sulfide) groups is 1. The highest BCUT2D eigenvalue weighted by Crippen LogP contribution is 2.31. The summed E-state index contributed by atoms with van der Waals surface area (Å²) in [6, 6.07) is 12.0. The molecule has 0 radical (unpaired) electrons. The molecule has 0 fully saturated rings. The summed E-state index contributed by atoms with van der Waals surface area (Å²) in [5.41, 5.74) is 0.810. The molecule has 1 heterocycles. The molecule has 0 aliphatic rings. The van der Waals surface area contributed by atoms with E-state index in [0.29, 0.717) is 6.42 Å². The SMILES string of the molecule is CCC(C)S(=O)(=O)O[n+]1c(SC)sc2ccc3ccccc3c21. The fraction of sp³-hybridized carbons (Fsp3) is 0.312. The van der Waals surface area contributed by atoms with Crippen LogP contribution in [0.5, 0.6) is 0 Å². The summed E-state index contributed by atoms with van der Waals surface area (Å²) < 4.78 is 33.7. The van der Waals surface area contributed by atoms with E-state index in [4.69, 9.17) is 4.28 Å². The van der Waals surface area contributed by atoms with Gasteiger partial charge in [0.1, 0.15) is 4.70 Å². The molecule has 0 N–H and O–H groups in total. The molecule has 3 rings (SSSR count). The van der Waals surface area contributed by atoms with Gasteiger partial charge >= 0.3 is 14.5 Å². The van der Waals surface area contributed by atoms with Crippen molar-refractivity contribution in [3.05, 3.63) is 36.4 Å². The standard InChI is InChI=1S/C16H18NO3S3/c1-4-11(2)23(18,19)20-17-15-13-8-6-5-7-12(13)9-10-14(15)22-16(17)21-3/h5-11H,4H2,1-3H3/q+1. The van der Waals surface area contributed by atoms with Crippen LogP contribution in [0.2, 0.25) is 0 Å². The Morgan fingerprint density at radius 1 is 1.26 bits per heavy atom. The van der Waals surface area contributed by atoms with Crippen LogP contribution < -0.4 is 9.01 Å². The zero-order chi connectivity index (χ0) is 16.6. The van der Waals surface area contributed by atoms with Crippen LogP contribution in [0.3, 0.4) is 0 Å². The van der Waals surface area contributed by atoms with E-state index in [-0.39, 0.29) is 0 Å².